The van der Waals surface area contributed by atoms with Gasteiger partial charge in [0.1, 0.15) is 5.69 Å². The number of piperidine rings is 1. The largest absolute Gasteiger partial charge is 0.393 e. The molecule has 1 aliphatic heterocycles. The minimum absolute atomic E-state index is 0.180. The number of aliphatic hydroxyl groups excluding tert-OH is 1. The van der Waals surface area contributed by atoms with Crippen molar-refractivity contribution in [3.63, 3.8) is 0 Å². The Balaban J connectivity index is 1.63. The second-order valence-electron chi connectivity index (χ2n) is 5.76. The highest BCUT2D eigenvalue weighted by Gasteiger charge is 2.17. The van der Waals surface area contributed by atoms with Crippen LogP contribution in [0.15, 0.2) is 36.7 Å². The van der Waals surface area contributed by atoms with E-state index in [1.807, 2.05) is 31.2 Å². The summed E-state index contributed by atoms with van der Waals surface area (Å²) < 4.78 is 0. The molecule has 2 heterocycles. The van der Waals surface area contributed by atoms with E-state index in [9.17, 15) is 9.90 Å². The van der Waals surface area contributed by atoms with E-state index in [4.69, 9.17) is 0 Å². The highest BCUT2D eigenvalue weighted by atomic mass is 16.3. The molecule has 0 radical (unpaired) electrons. The predicted octanol–water partition coefficient (Wildman–Crippen LogP) is 2.00. The first-order valence-electron chi connectivity index (χ1n) is 7.75. The van der Waals surface area contributed by atoms with Crippen molar-refractivity contribution in [1.29, 1.82) is 0 Å². The Morgan fingerprint density at radius 2 is 1.87 bits per heavy atom. The van der Waals surface area contributed by atoms with E-state index in [0.717, 1.165) is 43.0 Å². The Bertz CT molecular complexity index is 662. The van der Waals surface area contributed by atoms with Crippen LogP contribution < -0.4 is 10.2 Å². The Morgan fingerprint density at radius 1 is 1.17 bits per heavy atom. The monoisotopic (exact) mass is 312 g/mol. The molecule has 1 fully saturated rings. The van der Waals surface area contributed by atoms with Crippen LogP contribution in [0.1, 0.15) is 29.0 Å². The normalized spacial score (nSPS) is 15.5. The van der Waals surface area contributed by atoms with Crippen molar-refractivity contribution in [2.45, 2.75) is 25.9 Å². The zero-order chi connectivity index (χ0) is 16.2. The van der Waals surface area contributed by atoms with Gasteiger partial charge in [-0.3, -0.25) is 9.78 Å². The first-order chi connectivity index (χ1) is 11.1. The molecule has 2 N–H and O–H groups in total. The molecule has 1 aliphatic rings. The molecule has 23 heavy (non-hydrogen) atoms. The number of anilines is 2. The third-order valence-corrected chi connectivity index (χ3v) is 3.97. The van der Waals surface area contributed by atoms with E-state index >= 15 is 0 Å². The molecule has 0 saturated carbocycles. The second-order valence-corrected chi connectivity index (χ2v) is 5.76. The second kappa shape index (κ2) is 6.75. The van der Waals surface area contributed by atoms with Crippen LogP contribution in [0.5, 0.6) is 0 Å². The van der Waals surface area contributed by atoms with E-state index in [2.05, 4.69) is 20.2 Å². The van der Waals surface area contributed by atoms with Crippen molar-refractivity contribution in [3.05, 3.63) is 48.0 Å². The first kappa shape index (κ1) is 15.4. The Hall–Kier alpha value is -2.47. The van der Waals surface area contributed by atoms with Crippen LogP contribution in [-0.2, 0) is 0 Å². The van der Waals surface area contributed by atoms with Crippen molar-refractivity contribution in [3.8, 4) is 0 Å². The van der Waals surface area contributed by atoms with Gasteiger partial charge in [-0.15, -0.1) is 0 Å². The van der Waals surface area contributed by atoms with Gasteiger partial charge in [-0.2, -0.15) is 0 Å². The van der Waals surface area contributed by atoms with Crippen molar-refractivity contribution < 1.29 is 9.90 Å². The van der Waals surface area contributed by atoms with E-state index in [1.165, 1.54) is 6.20 Å². The number of carbonyl (C=O) groups excluding carboxylic acids is 1. The van der Waals surface area contributed by atoms with E-state index in [1.54, 1.807) is 6.20 Å². The highest BCUT2D eigenvalue weighted by Crippen LogP contribution is 2.22. The fourth-order valence-electron chi connectivity index (χ4n) is 2.58. The molecule has 3 rings (SSSR count). The van der Waals surface area contributed by atoms with Gasteiger partial charge in [0.05, 0.1) is 18.0 Å². The van der Waals surface area contributed by atoms with E-state index < -0.39 is 0 Å². The van der Waals surface area contributed by atoms with Crippen LogP contribution in [0.3, 0.4) is 0 Å². The number of nitrogens with one attached hydrogen (secondary N) is 1. The molecule has 6 heteroatoms. The molecule has 120 valence electrons. The van der Waals surface area contributed by atoms with Crippen LogP contribution in [0.2, 0.25) is 0 Å². The third-order valence-electron chi connectivity index (χ3n) is 3.97. The van der Waals surface area contributed by atoms with Crippen LogP contribution in [0, 0.1) is 6.92 Å². The van der Waals surface area contributed by atoms with Gasteiger partial charge >= 0.3 is 0 Å². The molecular formula is C17H20N4O2. The molecule has 1 aromatic carbocycles. The number of amides is 1. The average Bonchev–Trinajstić information content (AvgIpc) is 2.57. The Labute approximate surface area is 135 Å². The lowest BCUT2D eigenvalue weighted by Gasteiger charge is -2.31. The van der Waals surface area contributed by atoms with Crippen LogP contribution in [0.4, 0.5) is 11.4 Å². The minimum Gasteiger partial charge on any atom is -0.393 e. The van der Waals surface area contributed by atoms with Gasteiger partial charge in [0.2, 0.25) is 0 Å². The molecule has 0 atom stereocenters. The van der Waals surface area contributed by atoms with Crippen molar-refractivity contribution in [2.24, 2.45) is 0 Å². The quantitative estimate of drug-likeness (QED) is 0.906. The standard InChI is InChI=1S/C17H20N4O2/c1-12-10-19-16(11-18-12)17(23)20-13-2-4-14(5-3-13)21-8-6-15(22)7-9-21/h2-5,10-11,15,22H,6-9H2,1H3,(H,20,23). The number of aliphatic hydroxyl groups is 1. The summed E-state index contributed by atoms with van der Waals surface area (Å²) in [5, 5.41) is 12.4. The summed E-state index contributed by atoms with van der Waals surface area (Å²) in [6.07, 6.45) is 4.45. The maximum atomic E-state index is 12.1. The maximum Gasteiger partial charge on any atom is 0.275 e. The van der Waals surface area contributed by atoms with Crippen LogP contribution in [-0.4, -0.2) is 40.2 Å². The number of aryl methyl sites for hydroxylation is 1. The highest BCUT2D eigenvalue weighted by molar-refractivity contribution is 6.02. The smallest absolute Gasteiger partial charge is 0.275 e. The summed E-state index contributed by atoms with van der Waals surface area (Å²) in [6.45, 7) is 3.53. The molecule has 1 aromatic heterocycles. The molecule has 0 unspecified atom stereocenters. The first-order valence-corrected chi connectivity index (χ1v) is 7.75. The summed E-state index contributed by atoms with van der Waals surface area (Å²) in [7, 11) is 0. The zero-order valence-corrected chi connectivity index (χ0v) is 13.1. The topological polar surface area (TPSA) is 78.4 Å². The Morgan fingerprint density at radius 3 is 2.48 bits per heavy atom. The Kier molecular flexibility index (Phi) is 4.52. The molecule has 0 aliphatic carbocycles. The molecule has 0 spiro atoms. The van der Waals surface area contributed by atoms with Gasteiger partial charge < -0.3 is 15.3 Å². The van der Waals surface area contributed by atoms with Crippen molar-refractivity contribution >= 4 is 17.3 Å². The van der Waals surface area contributed by atoms with Gasteiger partial charge in [0, 0.05) is 30.7 Å². The van der Waals surface area contributed by atoms with Gasteiger partial charge in [0.15, 0.2) is 0 Å². The van der Waals surface area contributed by atoms with Crippen molar-refractivity contribution in [2.75, 3.05) is 23.3 Å². The lowest BCUT2D eigenvalue weighted by Crippen LogP contribution is -2.35. The number of nitrogens with zero attached hydrogens (tertiary/aromatic N) is 3. The number of hydrogen-bond acceptors (Lipinski definition) is 5. The molecule has 2 aromatic rings. The summed E-state index contributed by atoms with van der Waals surface area (Å²) in [6, 6.07) is 7.71. The van der Waals surface area contributed by atoms with Gasteiger partial charge in [0.25, 0.3) is 5.91 Å². The lowest BCUT2D eigenvalue weighted by atomic mass is 10.1. The van der Waals surface area contributed by atoms with Gasteiger partial charge in [-0.1, -0.05) is 0 Å². The number of carbonyl (C=O) groups is 1. The molecule has 6 nitrogen and oxygen atoms in total. The molecule has 1 amide bonds. The summed E-state index contributed by atoms with van der Waals surface area (Å²) in [5.41, 5.74) is 2.89. The number of benzene rings is 1. The van der Waals surface area contributed by atoms with Crippen molar-refractivity contribution in [1.82, 2.24) is 9.97 Å². The SMILES string of the molecule is Cc1cnc(C(=O)Nc2ccc(N3CCC(O)CC3)cc2)cn1. The van der Waals surface area contributed by atoms with Crippen LogP contribution in [0.25, 0.3) is 0 Å². The molecular weight excluding hydrogens is 292 g/mol. The number of hydrogen-bond donors (Lipinski definition) is 2. The van der Waals surface area contributed by atoms with E-state index in [0.29, 0.717) is 5.69 Å². The molecule has 0 bridgehead atoms. The van der Waals surface area contributed by atoms with E-state index in [-0.39, 0.29) is 12.0 Å². The minimum atomic E-state index is -0.272. The summed E-state index contributed by atoms with van der Waals surface area (Å²) in [4.78, 5) is 22.5. The predicted molar refractivity (Wildman–Crippen MR) is 88.6 cm³/mol. The average molecular weight is 312 g/mol. The number of rotatable bonds is 3. The summed E-state index contributed by atoms with van der Waals surface area (Å²) in [5.74, 6) is -0.272. The van der Waals surface area contributed by atoms with Gasteiger partial charge in [-0.25, -0.2) is 4.98 Å². The summed E-state index contributed by atoms with van der Waals surface area (Å²) >= 11 is 0. The van der Waals surface area contributed by atoms with Gasteiger partial charge in [-0.05, 0) is 44.0 Å². The zero-order valence-electron chi connectivity index (χ0n) is 13.1. The third kappa shape index (κ3) is 3.84. The maximum absolute atomic E-state index is 12.1. The lowest BCUT2D eigenvalue weighted by molar-refractivity contribution is 0.102. The fourth-order valence-corrected chi connectivity index (χ4v) is 2.58. The molecule has 1 saturated heterocycles. The van der Waals surface area contributed by atoms with Crippen LogP contribution >= 0.6 is 0 Å². The fraction of sp³-hybridized carbons (Fsp3) is 0.353. The number of aromatic nitrogens is 2.